The van der Waals surface area contributed by atoms with Crippen LogP contribution < -0.4 is 0 Å². The minimum atomic E-state index is -4.52. The van der Waals surface area contributed by atoms with Gasteiger partial charge in [0.2, 0.25) is 5.95 Å². The molecule has 19 heavy (non-hydrogen) atoms. The van der Waals surface area contributed by atoms with Crippen molar-refractivity contribution in [2.45, 2.75) is 20.0 Å². The summed E-state index contributed by atoms with van der Waals surface area (Å²) < 4.78 is 50.6. The monoisotopic (exact) mass is 278 g/mol. The Kier molecular flexibility index (Phi) is 4.85. The Labute approximate surface area is 108 Å². The second-order valence-electron chi connectivity index (χ2n) is 4.54. The van der Waals surface area contributed by atoms with Crippen molar-refractivity contribution in [3.8, 4) is 0 Å². The van der Waals surface area contributed by atoms with Crippen molar-refractivity contribution in [2.24, 2.45) is 5.92 Å². The molecule has 0 aliphatic heterocycles. The predicted molar refractivity (Wildman–Crippen MR) is 61.0 cm³/mol. The third-order valence-electron chi connectivity index (χ3n) is 2.23. The molecule has 1 amide bonds. The maximum atomic E-state index is 13.3. The first kappa shape index (κ1) is 15.4. The maximum Gasteiger partial charge on any atom is 0.406 e. The molecule has 106 valence electrons. The Bertz CT molecular complexity index is 446. The Morgan fingerprint density at radius 3 is 2.53 bits per heavy atom. The van der Waals surface area contributed by atoms with Gasteiger partial charge in [-0.2, -0.15) is 17.6 Å². The van der Waals surface area contributed by atoms with Crippen molar-refractivity contribution < 1.29 is 22.4 Å². The molecule has 0 spiro atoms. The van der Waals surface area contributed by atoms with Gasteiger partial charge in [-0.3, -0.25) is 4.79 Å². The van der Waals surface area contributed by atoms with Gasteiger partial charge in [-0.25, -0.2) is 4.98 Å². The summed E-state index contributed by atoms with van der Waals surface area (Å²) in [5.74, 6) is -2.23. The maximum absolute atomic E-state index is 13.3. The molecule has 1 heterocycles. The number of aromatic nitrogens is 1. The molecule has 0 radical (unpaired) electrons. The molecule has 0 unspecified atom stereocenters. The summed E-state index contributed by atoms with van der Waals surface area (Å²) in [5.41, 5.74) is -0.451. The van der Waals surface area contributed by atoms with Gasteiger partial charge in [0.05, 0.1) is 5.56 Å². The molecule has 0 fully saturated rings. The molecule has 1 aromatic heterocycles. The molecule has 0 saturated heterocycles. The lowest BCUT2D eigenvalue weighted by Gasteiger charge is -2.25. The van der Waals surface area contributed by atoms with E-state index in [4.69, 9.17) is 0 Å². The van der Waals surface area contributed by atoms with Crippen molar-refractivity contribution in [2.75, 3.05) is 13.1 Å². The molecule has 0 aromatic carbocycles. The highest BCUT2D eigenvalue weighted by Gasteiger charge is 2.34. The zero-order valence-electron chi connectivity index (χ0n) is 10.5. The van der Waals surface area contributed by atoms with E-state index in [0.29, 0.717) is 4.90 Å². The van der Waals surface area contributed by atoms with Crippen molar-refractivity contribution in [1.82, 2.24) is 9.88 Å². The van der Waals surface area contributed by atoms with Crippen LogP contribution in [0.25, 0.3) is 0 Å². The van der Waals surface area contributed by atoms with E-state index in [0.717, 1.165) is 12.3 Å². The number of pyridine rings is 1. The summed E-state index contributed by atoms with van der Waals surface area (Å²) in [6.07, 6.45) is -3.40. The fraction of sp³-hybridized carbons (Fsp3) is 0.500. The average Bonchev–Trinajstić information content (AvgIpc) is 2.25. The highest BCUT2D eigenvalue weighted by Crippen LogP contribution is 2.19. The summed E-state index contributed by atoms with van der Waals surface area (Å²) >= 11 is 0. The first-order valence-electron chi connectivity index (χ1n) is 5.67. The van der Waals surface area contributed by atoms with Crippen LogP contribution in [0.1, 0.15) is 24.2 Å². The van der Waals surface area contributed by atoms with Crippen LogP contribution in [0.4, 0.5) is 17.6 Å². The third-order valence-corrected chi connectivity index (χ3v) is 2.23. The molecule has 3 nitrogen and oxygen atoms in total. The molecular formula is C12H14F4N2O. The van der Waals surface area contributed by atoms with E-state index in [1.807, 2.05) is 0 Å². The first-order chi connectivity index (χ1) is 8.70. The molecule has 0 bridgehead atoms. The van der Waals surface area contributed by atoms with Crippen LogP contribution in [0.5, 0.6) is 0 Å². The molecule has 0 aliphatic rings. The highest BCUT2D eigenvalue weighted by atomic mass is 19.4. The van der Waals surface area contributed by atoms with Gasteiger partial charge in [-0.1, -0.05) is 13.8 Å². The summed E-state index contributed by atoms with van der Waals surface area (Å²) in [7, 11) is 0. The lowest BCUT2D eigenvalue weighted by atomic mass is 10.1. The Morgan fingerprint density at radius 1 is 1.42 bits per heavy atom. The van der Waals surface area contributed by atoms with E-state index < -0.39 is 30.1 Å². The standard InChI is InChI=1S/C12H14F4N2O/c1-8(2)6-18(7-12(14,15)16)11(19)9-4-3-5-17-10(9)13/h3-5,8H,6-7H2,1-2H3. The zero-order chi connectivity index (χ0) is 14.6. The van der Waals surface area contributed by atoms with Crippen LogP contribution >= 0.6 is 0 Å². The molecule has 0 aliphatic carbocycles. The summed E-state index contributed by atoms with van der Waals surface area (Å²) in [5, 5.41) is 0. The minimum Gasteiger partial charge on any atom is -0.329 e. The Balaban J connectivity index is 2.97. The van der Waals surface area contributed by atoms with Crippen LogP contribution in [-0.2, 0) is 0 Å². The zero-order valence-corrected chi connectivity index (χ0v) is 10.5. The van der Waals surface area contributed by atoms with Gasteiger partial charge >= 0.3 is 6.18 Å². The van der Waals surface area contributed by atoms with E-state index in [2.05, 4.69) is 4.98 Å². The van der Waals surface area contributed by atoms with Gasteiger partial charge in [0.25, 0.3) is 5.91 Å². The van der Waals surface area contributed by atoms with Crippen LogP contribution in [0.3, 0.4) is 0 Å². The van der Waals surface area contributed by atoms with E-state index in [1.165, 1.54) is 6.07 Å². The van der Waals surface area contributed by atoms with E-state index in [1.54, 1.807) is 13.8 Å². The van der Waals surface area contributed by atoms with Gasteiger partial charge in [0.15, 0.2) is 0 Å². The van der Waals surface area contributed by atoms with E-state index >= 15 is 0 Å². The minimum absolute atomic E-state index is 0.104. The molecule has 7 heteroatoms. The fourth-order valence-corrected chi connectivity index (χ4v) is 1.59. The second kappa shape index (κ2) is 5.99. The summed E-state index contributed by atoms with van der Waals surface area (Å²) in [4.78, 5) is 15.8. The van der Waals surface area contributed by atoms with Gasteiger partial charge in [0, 0.05) is 12.7 Å². The Morgan fingerprint density at radius 2 is 2.05 bits per heavy atom. The van der Waals surface area contributed by atoms with Crippen molar-refractivity contribution in [3.05, 3.63) is 29.8 Å². The quantitative estimate of drug-likeness (QED) is 0.626. The number of carbonyl (C=O) groups is 1. The van der Waals surface area contributed by atoms with Crippen LogP contribution in [0.15, 0.2) is 18.3 Å². The van der Waals surface area contributed by atoms with Crippen LogP contribution in [0, 0.1) is 11.9 Å². The van der Waals surface area contributed by atoms with Gasteiger partial charge in [-0.05, 0) is 18.1 Å². The lowest BCUT2D eigenvalue weighted by molar-refractivity contribution is -0.141. The van der Waals surface area contributed by atoms with Crippen molar-refractivity contribution in [1.29, 1.82) is 0 Å². The third kappa shape index (κ3) is 4.84. The van der Waals surface area contributed by atoms with Gasteiger partial charge in [-0.15, -0.1) is 0 Å². The summed E-state index contributed by atoms with van der Waals surface area (Å²) in [6, 6.07) is 2.42. The smallest absolute Gasteiger partial charge is 0.329 e. The lowest BCUT2D eigenvalue weighted by Crippen LogP contribution is -2.41. The molecule has 0 N–H and O–H groups in total. The fourth-order valence-electron chi connectivity index (χ4n) is 1.59. The van der Waals surface area contributed by atoms with Crippen LogP contribution in [0.2, 0.25) is 0 Å². The van der Waals surface area contributed by atoms with Crippen molar-refractivity contribution >= 4 is 5.91 Å². The SMILES string of the molecule is CC(C)CN(CC(F)(F)F)C(=O)c1cccnc1F. The number of rotatable bonds is 4. The molecule has 0 saturated carbocycles. The number of nitrogens with zero attached hydrogens (tertiary/aromatic N) is 2. The van der Waals surface area contributed by atoms with E-state index in [-0.39, 0.29) is 12.5 Å². The molecule has 1 aromatic rings. The van der Waals surface area contributed by atoms with Gasteiger partial charge in [0.1, 0.15) is 6.54 Å². The van der Waals surface area contributed by atoms with E-state index in [9.17, 15) is 22.4 Å². The molecule has 0 atom stereocenters. The number of hydrogen-bond acceptors (Lipinski definition) is 2. The largest absolute Gasteiger partial charge is 0.406 e. The van der Waals surface area contributed by atoms with Crippen molar-refractivity contribution in [3.63, 3.8) is 0 Å². The topological polar surface area (TPSA) is 33.2 Å². The second-order valence-corrected chi connectivity index (χ2v) is 4.54. The Hall–Kier alpha value is -1.66. The number of alkyl halides is 3. The number of hydrogen-bond donors (Lipinski definition) is 0. The molecule has 1 rings (SSSR count). The normalized spacial score (nSPS) is 11.7. The van der Waals surface area contributed by atoms with Crippen LogP contribution in [-0.4, -0.2) is 35.1 Å². The molecular weight excluding hydrogens is 264 g/mol. The number of halogens is 4. The average molecular weight is 278 g/mol. The summed E-state index contributed by atoms with van der Waals surface area (Å²) in [6.45, 7) is 1.84. The highest BCUT2D eigenvalue weighted by molar-refractivity contribution is 5.94. The number of amides is 1. The van der Waals surface area contributed by atoms with Gasteiger partial charge < -0.3 is 4.90 Å². The number of carbonyl (C=O) groups excluding carboxylic acids is 1. The predicted octanol–water partition coefficient (Wildman–Crippen LogP) is 2.88. The first-order valence-corrected chi connectivity index (χ1v) is 5.67.